The lowest BCUT2D eigenvalue weighted by Gasteiger charge is -2.15. The predicted octanol–water partition coefficient (Wildman–Crippen LogP) is 1.21. The summed E-state index contributed by atoms with van der Waals surface area (Å²) in [5.74, 6) is -3.31. The van der Waals surface area contributed by atoms with Crippen molar-refractivity contribution in [3.8, 4) is 5.75 Å². The number of carboxylic acids is 1. The molecule has 0 amide bonds. The molecule has 7 nitrogen and oxygen atoms in total. The van der Waals surface area contributed by atoms with Gasteiger partial charge in [-0.1, -0.05) is 12.1 Å². The van der Waals surface area contributed by atoms with Gasteiger partial charge in [-0.2, -0.15) is 0 Å². The maximum absolute atomic E-state index is 11.9. The second-order valence-electron chi connectivity index (χ2n) is 4.14. The molecule has 1 aromatic rings. The highest BCUT2D eigenvalue weighted by Gasteiger charge is 2.25. The number of ether oxygens (including phenoxy) is 3. The number of aliphatic carboxylic acids is 1. The van der Waals surface area contributed by atoms with Crippen LogP contribution in [0.3, 0.4) is 0 Å². The molecule has 0 fully saturated rings. The molecule has 1 rings (SSSR count). The zero-order valence-corrected chi connectivity index (χ0v) is 11.9. The zero-order valence-electron chi connectivity index (χ0n) is 11.9. The van der Waals surface area contributed by atoms with Crippen LogP contribution in [-0.4, -0.2) is 43.8 Å². The predicted molar refractivity (Wildman–Crippen MR) is 71.3 cm³/mol. The van der Waals surface area contributed by atoms with Crippen molar-refractivity contribution >= 4 is 17.9 Å². The molecule has 21 heavy (non-hydrogen) atoms. The Labute approximate surface area is 121 Å². The summed E-state index contributed by atoms with van der Waals surface area (Å²) in [6.07, 6.45) is 0. The van der Waals surface area contributed by atoms with Gasteiger partial charge in [0.2, 0.25) is 0 Å². The van der Waals surface area contributed by atoms with Gasteiger partial charge in [0.15, 0.2) is 6.61 Å². The molecule has 0 heterocycles. The lowest BCUT2D eigenvalue weighted by atomic mass is 9.95. The molecule has 0 saturated heterocycles. The minimum absolute atomic E-state index is 0.0150. The number of benzene rings is 1. The van der Waals surface area contributed by atoms with Crippen molar-refractivity contribution in [2.24, 2.45) is 0 Å². The van der Waals surface area contributed by atoms with Crippen LogP contribution in [0.15, 0.2) is 18.2 Å². The highest BCUT2D eigenvalue weighted by molar-refractivity contribution is 5.96. The van der Waals surface area contributed by atoms with E-state index in [0.717, 1.165) is 0 Å². The second-order valence-corrected chi connectivity index (χ2v) is 4.14. The SMILES string of the molecule is COC(=O)COc1cccc(C(C)C(=O)O)c1C(=O)OC. The van der Waals surface area contributed by atoms with Gasteiger partial charge >= 0.3 is 17.9 Å². The Balaban J connectivity index is 3.24. The van der Waals surface area contributed by atoms with Crippen LogP contribution in [0, 0.1) is 0 Å². The molecule has 1 unspecified atom stereocenters. The number of methoxy groups -OCH3 is 2. The van der Waals surface area contributed by atoms with Crippen molar-refractivity contribution < 1.29 is 33.7 Å². The fourth-order valence-corrected chi connectivity index (χ4v) is 1.68. The molecule has 1 N–H and O–H groups in total. The van der Waals surface area contributed by atoms with Gasteiger partial charge in [0, 0.05) is 0 Å². The van der Waals surface area contributed by atoms with Crippen LogP contribution in [0.1, 0.15) is 28.8 Å². The first-order chi connectivity index (χ1) is 9.92. The Morgan fingerprint density at radius 1 is 1.19 bits per heavy atom. The van der Waals surface area contributed by atoms with Crippen molar-refractivity contribution in [3.05, 3.63) is 29.3 Å². The molecule has 0 radical (unpaired) electrons. The smallest absolute Gasteiger partial charge is 0.343 e. The Hall–Kier alpha value is -2.57. The van der Waals surface area contributed by atoms with Crippen LogP contribution in [0.25, 0.3) is 0 Å². The van der Waals surface area contributed by atoms with Crippen LogP contribution in [-0.2, 0) is 19.1 Å². The van der Waals surface area contributed by atoms with E-state index in [0.29, 0.717) is 0 Å². The van der Waals surface area contributed by atoms with Crippen LogP contribution in [0.4, 0.5) is 0 Å². The molecule has 0 aromatic heterocycles. The molecule has 0 aliphatic carbocycles. The van der Waals surface area contributed by atoms with E-state index < -0.39 is 30.4 Å². The van der Waals surface area contributed by atoms with Gasteiger partial charge in [-0.3, -0.25) is 4.79 Å². The van der Waals surface area contributed by atoms with Gasteiger partial charge in [-0.15, -0.1) is 0 Å². The van der Waals surface area contributed by atoms with E-state index in [2.05, 4.69) is 9.47 Å². The summed E-state index contributed by atoms with van der Waals surface area (Å²) >= 11 is 0. The fourth-order valence-electron chi connectivity index (χ4n) is 1.68. The number of carboxylic acid groups (broad SMARTS) is 1. The molecule has 7 heteroatoms. The molecule has 0 bridgehead atoms. The number of esters is 2. The van der Waals surface area contributed by atoms with Gasteiger partial charge in [0.1, 0.15) is 11.3 Å². The van der Waals surface area contributed by atoms with Crippen molar-refractivity contribution in [2.75, 3.05) is 20.8 Å². The topological polar surface area (TPSA) is 99.1 Å². The van der Waals surface area contributed by atoms with E-state index in [1.165, 1.54) is 39.3 Å². The molecule has 0 aliphatic heterocycles. The van der Waals surface area contributed by atoms with Crippen LogP contribution in [0.5, 0.6) is 5.75 Å². The third-order valence-corrected chi connectivity index (χ3v) is 2.86. The lowest BCUT2D eigenvalue weighted by molar-refractivity contribution is -0.143. The zero-order chi connectivity index (χ0) is 16.0. The minimum Gasteiger partial charge on any atom is -0.481 e. The van der Waals surface area contributed by atoms with E-state index >= 15 is 0 Å². The van der Waals surface area contributed by atoms with Crippen LogP contribution in [0.2, 0.25) is 0 Å². The average Bonchev–Trinajstić information content (AvgIpc) is 2.50. The Morgan fingerprint density at radius 2 is 1.86 bits per heavy atom. The van der Waals surface area contributed by atoms with Gasteiger partial charge in [0.05, 0.1) is 20.1 Å². The van der Waals surface area contributed by atoms with E-state index in [1.807, 2.05) is 0 Å². The fraction of sp³-hybridized carbons (Fsp3) is 0.357. The molecule has 0 saturated carbocycles. The highest BCUT2D eigenvalue weighted by atomic mass is 16.6. The number of hydrogen-bond donors (Lipinski definition) is 1. The van der Waals surface area contributed by atoms with E-state index in [9.17, 15) is 14.4 Å². The average molecular weight is 296 g/mol. The molecule has 114 valence electrons. The highest BCUT2D eigenvalue weighted by Crippen LogP contribution is 2.29. The third-order valence-electron chi connectivity index (χ3n) is 2.86. The molecule has 1 atom stereocenters. The summed E-state index contributed by atoms with van der Waals surface area (Å²) in [6.45, 7) is 1.04. The van der Waals surface area contributed by atoms with Gasteiger partial charge in [-0.05, 0) is 18.6 Å². The summed E-state index contributed by atoms with van der Waals surface area (Å²) in [5, 5.41) is 9.09. The Bertz CT molecular complexity index is 550. The summed E-state index contributed by atoms with van der Waals surface area (Å²) in [5.41, 5.74) is 0.232. The number of carbonyl (C=O) groups excluding carboxylic acids is 2. The second kappa shape index (κ2) is 7.28. The van der Waals surface area contributed by atoms with E-state index in [4.69, 9.17) is 9.84 Å². The minimum atomic E-state index is -1.09. The largest absolute Gasteiger partial charge is 0.481 e. The normalized spacial score (nSPS) is 11.4. The maximum atomic E-state index is 11.9. The molecule has 0 spiro atoms. The number of rotatable bonds is 6. The lowest BCUT2D eigenvalue weighted by Crippen LogP contribution is -2.18. The van der Waals surface area contributed by atoms with Gasteiger partial charge in [-0.25, -0.2) is 9.59 Å². The van der Waals surface area contributed by atoms with Gasteiger partial charge < -0.3 is 19.3 Å². The quantitative estimate of drug-likeness (QED) is 0.788. The number of hydrogen-bond acceptors (Lipinski definition) is 6. The summed E-state index contributed by atoms with van der Waals surface area (Å²) < 4.78 is 14.3. The first-order valence-electron chi connectivity index (χ1n) is 6.06. The molecule has 1 aromatic carbocycles. The van der Waals surface area contributed by atoms with Crippen LogP contribution < -0.4 is 4.74 Å². The van der Waals surface area contributed by atoms with Crippen molar-refractivity contribution in [3.63, 3.8) is 0 Å². The van der Waals surface area contributed by atoms with Crippen molar-refractivity contribution in [1.82, 2.24) is 0 Å². The molecular weight excluding hydrogens is 280 g/mol. The number of carbonyl (C=O) groups is 3. The standard InChI is InChI=1S/C14H16O7/c1-8(13(16)17)9-5-4-6-10(12(9)14(18)20-3)21-7-11(15)19-2/h4-6,8H,7H2,1-3H3,(H,16,17). The van der Waals surface area contributed by atoms with E-state index in [-0.39, 0.29) is 16.9 Å². The van der Waals surface area contributed by atoms with E-state index in [1.54, 1.807) is 0 Å². The molecular formula is C14H16O7. The van der Waals surface area contributed by atoms with Crippen molar-refractivity contribution in [1.29, 1.82) is 0 Å². The Morgan fingerprint density at radius 3 is 2.38 bits per heavy atom. The summed E-state index contributed by atoms with van der Waals surface area (Å²) in [4.78, 5) is 34.1. The van der Waals surface area contributed by atoms with Crippen molar-refractivity contribution in [2.45, 2.75) is 12.8 Å². The van der Waals surface area contributed by atoms with Gasteiger partial charge in [0.25, 0.3) is 0 Å². The first kappa shape index (κ1) is 16.5. The monoisotopic (exact) mass is 296 g/mol. The Kier molecular flexibility index (Phi) is 5.71. The summed E-state index contributed by atoms with van der Waals surface area (Å²) in [6, 6.07) is 4.48. The molecule has 0 aliphatic rings. The van der Waals surface area contributed by atoms with Crippen LogP contribution >= 0.6 is 0 Å². The summed E-state index contributed by atoms with van der Waals surface area (Å²) in [7, 11) is 2.38. The maximum Gasteiger partial charge on any atom is 0.343 e. The first-order valence-corrected chi connectivity index (χ1v) is 6.06. The third kappa shape index (κ3) is 3.95.